The van der Waals surface area contributed by atoms with E-state index >= 15 is 0 Å². The fourth-order valence-electron chi connectivity index (χ4n) is 4.35. The standard InChI is InChI=1S/C23H31N3O3S/c1-6-25-11-13-26(14-12-25)21(18-7-9-19(10-8-18)23(28)29-5)20-15(2)16(3)30-22(20)24-17(4)27/h7-10,21H,6,11-14H2,1-5H3,(H,24,27)/p+2/t21-/m0/s1. The van der Waals surface area contributed by atoms with Crippen LogP contribution in [0.1, 0.15) is 51.8 Å². The van der Waals surface area contributed by atoms with E-state index in [1.165, 1.54) is 28.0 Å². The van der Waals surface area contributed by atoms with Crippen molar-refractivity contribution in [2.45, 2.75) is 33.7 Å². The number of hydrogen-bond donors (Lipinski definition) is 3. The number of anilines is 1. The smallest absolute Gasteiger partial charge is 0.337 e. The maximum absolute atomic E-state index is 11.9. The Labute approximate surface area is 182 Å². The van der Waals surface area contributed by atoms with E-state index in [1.807, 2.05) is 24.3 Å². The number of hydrogen-bond acceptors (Lipinski definition) is 4. The van der Waals surface area contributed by atoms with Crippen molar-refractivity contribution >= 4 is 28.2 Å². The Morgan fingerprint density at radius 3 is 2.30 bits per heavy atom. The number of piperazine rings is 1. The zero-order valence-corrected chi connectivity index (χ0v) is 19.4. The number of rotatable bonds is 6. The Bertz CT molecular complexity index is 899. The summed E-state index contributed by atoms with van der Waals surface area (Å²) in [4.78, 5) is 28.1. The molecule has 30 heavy (non-hydrogen) atoms. The molecule has 1 aromatic carbocycles. The molecule has 1 aliphatic heterocycles. The molecule has 0 saturated carbocycles. The third-order valence-electron chi connectivity index (χ3n) is 6.18. The van der Waals surface area contributed by atoms with E-state index in [9.17, 15) is 9.59 Å². The van der Waals surface area contributed by atoms with Crippen molar-refractivity contribution in [3.05, 3.63) is 51.4 Å². The minimum atomic E-state index is -0.327. The number of benzene rings is 1. The van der Waals surface area contributed by atoms with E-state index in [0.717, 1.165) is 43.3 Å². The number of methoxy groups -OCH3 is 1. The molecule has 3 N–H and O–H groups in total. The van der Waals surface area contributed by atoms with Gasteiger partial charge in [-0.25, -0.2) is 4.79 Å². The Morgan fingerprint density at radius 2 is 1.77 bits per heavy atom. The van der Waals surface area contributed by atoms with Gasteiger partial charge in [-0.1, -0.05) is 12.1 Å². The molecule has 0 spiro atoms. The van der Waals surface area contributed by atoms with Gasteiger partial charge in [0.15, 0.2) is 0 Å². The zero-order valence-electron chi connectivity index (χ0n) is 18.6. The van der Waals surface area contributed by atoms with Crippen LogP contribution in [-0.2, 0) is 9.53 Å². The summed E-state index contributed by atoms with van der Waals surface area (Å²) in [7, 11) is 1.40. The van der Waals surface area contributed by atoms with Crippen molar-refractivity contribution in [2.24, 2.45) is 0 Å². The first kappa shape index (κ1) is 22.5. The number of amides is 1. The lowest BCUT2D eigenvalue weighted by Crippen LogP contribution is -3.28. The molecule has 1 atom stereocenters. The average molecular weight is 432 g/mol. The lowest BCUT2D eigenvalue weighted by molar-refractivity contribution is -1.02. The lowest BCUT2D eigenvalue weighted by Gasteiger charge is -2.35. The molecule has 1 aromatic heterocycles. The molecule has 1 aliphatic rings. The van der Waals surface area contributed by atoms with Crippen LogP contribution in [0.4, 0.5) is 5.00 Å². The number of aryl methyl sites for hydroxylation is 1. The SMILES string of the molecule is CC[NH+]1CC[NH+]([C@@H](c2ccc(C(=O)OC)cc2)c2c(NC(C)=O)sc(C)c2C)CC1. The van der Waals surface area contributed by atoms with Gasteiger partial charge in [0.1, 0.15) is 37.2 Å². The van der Waals surface area contributed by atoms with Crippen LogP contribution in [0.3, 0.4) is 0 Å². The van der Waals surface area contributed by atoms with Crippen molar-refractivity contribution in [1.82, 2.24) is 0 Å². The minimum absolute atomic E-state index is 0.0486. The highest BCUT2D eigenvalue weighted by Crippen LogP contribution is 2.38. The van der Waals surface area contributed by atoms with Crippen LogP contribution in [-0.4, -0.2) is 51.7 Å². The van der Waals surface area contributed by atoms with Gasteiger partial charge in [-0.15, -0.1) is 11.3 Å². The van der Waals surface area contributed by atoms with E-state index < -0.39 is 0 Å². The van der Waals surface area contributed by atoms with Gasteiger partial charge in [-0.3, -0.25) is 4.79 Å². The molecular weight excluding hydrogens is 398 g/mol. The van der Waals surface area contributed by atoms with Crippen LogP contribution in [0, 0.1) is 13.8 Å². The van der Waals surface area contributed by atoms with Crippen LogP contribution in [0.15, 0.2) is 24.3 Å². The van der Waals surface area contributed by atoms with Crippen molar-refractivity contribution in [3.8, 4) is 0 Å². The van der Waals surface area contributed by atoms with Gasteiger partial charge >= 0.3 is 5.97 Å². The lowest BCUT2D eigenvalue weighted by atomic mass is 9.93. The number of thiophene rings is 1. The summed E-state index contributed by atoms with van der Waals surface area (Å²) >= 11 is 1.65. The Balaban J connectivity index is 2.05. The van der Waals surface area contributed by atoms with Gasteiger partial charge in [0.05, 0.1) is 24.8 Å². The summed E-state index contributed by atoms with van der Waals surface area (Å²) in [5.41, 5.74) is 4.15. The van der Waals surface area contributed by atoms with Gasteiger partial charge in [0.25, 0.3) is 0 Å². The van der Waals surface area contributed by atoms with Crippen LogP contribution < -0.4 is 15.1 Å². The molecule has 1 amide bonds. The molecule has 0 bridgehead atoms. The normalized spacial score (nSPS) is 19.9. The first-order valence-corrected chi connectivity index (χ1v) is 11.4. The molecule has 1 fully saturated rings. The number of carbonyl (C=O) groups is 2. The highest BCUT2D eigenvalue weighted by atomic mass is 32.1. The van der Waals surface area contributed by atoms with Gasteiger partial charge in [-0.05, 0) is 38.5 Å². The van der Waals surface area contributed by atoms with Crippen molar-refractivity contribution < 1.29 is 24.1 Å². The first-order valence-electron chi connectivity index (χ1n) is 10.6. The highest BCUT2D eigenvalue weighted by molar-refractivity contribution is 7.16. The number of carbonyl (C=O) groups excluding carboxylic acids is 2. The largest absolute Gasteiger partial charge is 0.465 e. The third-order valence-corrected chi connectivity index (χ3v) is 7.32. The molecule has 7 heteroatoms. The summed E-state index contributed by atoms with van der Waals surface area (Å²) in [6.45, 7) is 13.6. The second-order valence-corrected chi connectivity index (χ2v) is 9.24. The topological polar surface area (TPSA) is 64.3 Å². The van der Waals surface area contributed by atoms with Gasteiger partial charge < -0.3 is 19.9 Å². The number of nitrogens with one attached hydrogen (secondary N) is 3. The predicted octanol–water partition coefficient (Wildman–Crippen LogP) is 1.00. The van der Waals surface area contributed by atoms with E-state index in [-0.39, 0.29) is 17.9 Å². The second kappa shape index (κ2) is 9.73. The van der Waals surface area contributed by atoms with E-state index in [1.54, 1.807) is 23.2 Å². The van der Waals surface area contributed by atoms with Crippen molar-refractivity contribution in [3.63, 3.8) is 0 Å². The molecule has 0 aliphatic carbocycles. The monoisotopic (exact) mass is 431 g/mol. The predicted molar refractivity (Wildman–Crippen MR) is 120 cm³/mol. The number of likely N-dealkylation sites (N-methyl/N-ethyl adjacent to an activating group) is 1. The minimum Gasteiger partial charge on any atom is -0.465 e. The van der Waals surface area contributed by atoms with Gasteiger partial charge in [-0.2, -0.15) is 0 Å². The fraction of sp³-hybridized carbons (Fsp3) is 0.478. The van der Waals surface area contributed by atoms with E-state index in [2.05, 4.69) is 26.1 Å². The molecule has 1 saturated heterocycles. The van der Waals surface area contributed by atoms with Crippen LogP contribution in [0.25, 0.3) is 0 Å². The van der Waals surface area contributed by atoms with Gasteiger partial charge in [0, 0.05) is 17.4 Å². The quantitative estimate of drug-likeness (QED) is 0.598. The van der Waals surface area contributed by atoms with E-state index in [0.29, 0.717) is 5.56 Å². The molecule has 162 valence electrons. The maximum atomic E-state index is 11.9. The average Bonchev–Trinajstić information content (AvgIpc) is 3.01. The molecule has 0 unspecified atom stereocenters. The molecule has 2 heterocycles. The number of esters is 1. The third kappa shape index (κ3) is 4.74. The summed E-state index contributed by atoms with van der Waals surface area (Å²) in [6.07, 6.45) is 0. The summed E-state index contributed by atoms with van der Waals surface area (Å²) < 4.78 is 4.85. The van der Waals surface area contributed by atoms with Crippen LogP contribution in [0.5, 0.6) is 0 Å². The summed E-state index contributed by atoms with van der Waals surface area (Å²) in [6, 6.07) is 7.86. The maximum Gasteiger partial charge on any atom is 0.337 e. The zero-order chi connectivity index (χ0) is 21.8. The van der Waals surface area contributed by atoms with Crippen molar-refractivity contribution in [2.75, 3.05) is 45.2 Å². The van der Waals surface area contributed by atoms with Gasteiger partial charge in [0.2, 0.25) is 5.91 Å². The molecule has 0 radical (unpaired) electrons. The molecule has 2 aromatic rings. The highest BCUT2D eigenvalue weighted by Gasteiger charge is 2.35. The molecule has 6 nitrogen and oxygen atoms in total. The first-order chi connectivity index (χ1) is 14.3. The molecule has 3 rings (SSSR count). The summed E-state index contributed by atoms with van der Waals surface area (Å²) in [5, 5.41) is 4.01. The summed E-state index contributed by atoms with van der Waals surface area (Å²) in [5.74, 6) is -0.375. The van der Waals surface area contributed by atoms with E-state index in [4.69, 9.17) is 4.74 Å². The molecular formula is C23H33N3O3S+2. The van der Waals surface area contributed by atoms with Crippen LogP contribution >= 0.6 is 11.3 Å². The second-order valence-electron chi connectivity index (χ2n) is 8.02. The van der Waals surface area contributed by atoms with Crippen molar-refractivity contribution in [1.29, 1.82) is 0 Å². The Hall–Kier alpha value is -2.22. The number of quaternary nitrogens is 2. The van der Waals surface area contributed by atoms with Crippen LogP contribution in [0.2, 0.25) is 0 Å². The number of ether oxygens (including phenoxy) is 1. The fourth-order valence-corrected chi connectivity index (χ4v) is 5.49. The Morgan fingerprint density at radius 1 is 1.13 bits per heavy atom. The Kier molecular flexibility index (Phi) is 7.28.